The van der Waals surface area contributed by atoms with E-state index in [1.54, 1.807) is 6.92 Å². The zero-order chi connectivity index (χ0) is 14.8. The van der Waals surface area contributed by atoms with Crippen molar-refractivity contribution in [3.8, 4) is 0 Å². The van der Waals surface area contributed by atoms with Gasteiger partial charge in [0.15, 0.2) is 0 Å². The van der Waals surface area contributed by atoms with E-state index in [4.69, 9.17) is 5.11 Å². The molecule has 1 aromatic carbocycles. The Bertz CT molecular complexity index is 435. The van der Waals surface area contributed by atoms with Crippen LogP contribution in [0.25, 0.3) is 0 Å². The minimum atomic E-state index is -0.776. The van der Waals surface area contributed by atoms with Gasteiger partial charge in [0.05, 0.1) is 5.92 Å². The van der Waals surface area contributed by atoms with Crippen LogP contribution in [0, 0.1) is 5.41 Å². The third kappa shape index (κ3) is 4.38. The molecule has 0 aliphatic heterocycles. The predicted octanol–water partition coefficient (Wildman–Crippen LogP) is 4.59. The summed E-state index contributed by atoms with van der Waals surface area (Å²) in [6.07, 6.45) is 1.09. The van der Waals surface area contributed by atoms with E-state index in [2.05, 4.69) is 46.8 Å². The summed E-state index contributed by atoms with van der Waals surface area (Å²) in [6, 6.07) is 8.03. The van der Waals surface area contributed by atoms with Crippen molar-refractivity contribution < 1.29 is 9.90 Å². The van der Waals surface area contributed by atoms with Gasteiger partial charge in [-0.1, -0.05) is 58.9 Å². The van der Waals surface area contributed by atoms with Crippen LogP contribution < -0.4 is 0 Å². The highest BCUT2D eigenvalue weighted by Gasteiger charge is 2.27. The number of aliphatic carboxylic acids is 1. The molecule has 0 spiro atoms. The first-order valence-electron chi connectivity index (χ1n) is 6.86. The van der Waals surface area contributed by atoms with Crippen molar-refractivity contribution in [3.05, 3.63) is 35.4 Å². The van der Waals surface area contributed by atoms with Crippen LogP contribution in [-0.2, 0) is 10.2 Å². The van der Waals surface area contributed by atoms with Gasteiger partial charge in [-0.15, -0.1) is 0 Å². The van der Waals surface area contributed by atoms with E-state index >= 15 is 0 Å². The van der Waals surface area contributed by atoms with E-state index in [1.165, 1.54) is 5.56 Å². The largest absolute Gasteiger partial charge is 0.481 e. The first-order valence-corrected chi connectivity index (χ1v) is 6.86. The number of carboxylic acid groups (broad SMARTS) is 1. The van der Waals surface area contributed by atoms with Gasteiger partial charge < -0.3 is 5.11 Å². The van der Waals surface area contributed by atoms with E-state index in [-0.39, 0.29) is 10.8 Å². The van der Waals surface area contributed by atoms with Crippen LogP contribution in [0.1, 0.15) is 65.0 Å². The minimum Gasteiger partial charge on any atom is -0.481 e. The monoisotopic (exact) mass is 262 g/mol. The lowest BCUT2D eigenvalue weighted by Gasteiger charge is -2.33. The Hall–Kier alpha value is -1.31. The molecule has 0 bridgehead atoms. The number of carbonyl (C=O) groups is 1. The Labute approximate surface area is 116 Å². The van der Waals surface area contributed by atoms with Crippen LogP contribution in [0.15, 0.2) is 24.3 Å². The number of hydrogen-bond acceptors (Lipinski definition) is 1. The second-order valence-electron chi connectivity index (χ2n) is 7.30. The van der Waals surface area contributed by atoms with Gasteiger partial charge in [0, 0.05) is 0 Å². The van der Waals surface area contributed by atoms with E-state index in [0.717, 1.165) is 12.0 Å². The van der Waals surface area contributed by atoms with Crippen molar-refractivity contribution in [3.63, 3.8) is 0 Å². The van der Waals surface area contributed by atoms with Gasteiger partial charge in [0.2, 0.25) is 0 Å². The molecule has 0 amide bonds. The van der Waals surface area contributed by atoms with Crippen LogP contribution in [-0.4, -0.2) is 11.1 Å². The molecule has 0 heterocycles. The van der Waals surface area contributed by atoms with Gasteiger partial charge in [0.1, 0.15) is 0 Å². The van der Waals surface area contributed by atoms with E-state index in [9.17, 15) is 4.79 Å². The quantitative estimate of drug-likeness (QED) is 0.861. The first kappa shape index (κ1) is 15.7. The summed E-state index contributed by atoms with van der Waals surface area (Å²) in [5.41, 5.74) is 2.51. The van der Waals surface area contributed by atoms with E-state index < -0.39 is 11.9 Å². The second-order valence-corrected chi connectivity index (χ2v) is 7.30. The minimum absolute atomic E-state index is 0.100. The van der Waals surface area contributed by atoms with Crippen molar-refractivity contribution in [2.75, 3.05) is 0 Å². The average Bonchev–Trinajstić information content (AvgIpc) is 2.25. The van der Waals surface area contributed by atoms with Gasteiger partial charge >= 0.3 is 5.97 Å². The lowest BCUT2D eigenvalue weighted by Crippen LogP contribution is -2.24. The number of carboxylic acids is 1. The Morgan fingerprint density at radius 2 is 1.58 bits per heavy atom. The van der Waals surface area contributed by atoms with Gasteiger partial charge in [-0.05, 0) is 35.3 Å². The molecule has 1 N–H and O–H groups in total. The summed E-state index contributed by atoms with van der Waals surface area (Å²) in [6.45, 7) is 12.9. The molecule has 106 valence electrons. The molecular weight excluding hydrogens is 236 g/mol. The fourth-order valence-corrected chi connectivity index (χ4v) is 2.79. The van der Waals surface area contributed by atoms with Crippen molar-refractivity contribution in [1.82, 2.24) is 0 Å². The number of benzene rings is 1. The molecule has 0 aliphatic carbocycles. The average molecular weight is 262 g/mol. The smallest absolute Gasteiger partial charge is 0.310 e. The zero-order valence-corrected chi connectivity index (χ0v) is 12.9. The Balaban J connectivity index is 2.95. The fraction of sp³-hybridized carbons (Fsp3) is 0.588. The summed E-state index contributed by atoms with van der Waals surface area (Å²) in [7, 11) is 0. The molecule has 0 fully saturated rings. The lowest BCUT2D eigenvalue weighted by molar-refractivity contribution is -0.138. The first-order chi connectivity index (χ1) is 8.53. The Morgan fingerprint density at radius 1 is 1.11 bits per heavy atom. The molecule has 19 heavy (non-hydrogen) atoms. The highest BCUT2D eigenvalue weighted by Crippen LogP contribution is 2.36. The van der Waals surface area contributed by atoms with Crippen LogP contribution in [0.5, 0.6) is 0 Å². The van der Waals surface area contributed by atoms with Crippen molar-refractivity contribution in [1.29, 1.82) is 0 Å². The third-order valence-electron chi connectivity index (χ3n) is 3.53. The van der Waals surface area contributed by atoms with Gasteiger partial charge in [-0.25, -0.2) is 0 Å². The molecule has 1 unspecified atom stereocenters. The fourth-order valence-electron chi connectivity index (χ4n) is 2.79. The van der Waals surface area contributed by atoms with Crippen LogP contribution in [0.4, 0.5) is 0 Å². The predicted molar refractivity (Wildman–Crippen MR) is 79.6 cm³/mol. The van der Waals surface area contributed by atoms with Crippen molar-refractivity contribution in [2.24, 2.45) is 5.41 Å². The molecule has 0 aliphatic rings. The maximum atomic E-state index is 11.0. The molecule has 0 aromatic heterocycles. The highest BCUT2D eigenvalue weighted by molar-refractivity contribution is 5.75. The van der Waals surface area contributed by atoms with Gasteiger partial charge in [-0.2, -0.15) is 0 Å². The van der Waals surface area contributed by atoms with Crippen LogP contribution >= 0.6 is 0 Å². The summed E-state index contributed by atoms with van der Waals surface area (Å²) in [5, 5.41) is 9.02. The van der Waals surface area contributed by atoms with Gasteiger partial charge in [0.25, 0.3) is 0 Å². The normalized spacial score (nSPS) is 14.2. The summed E-state index contributed by atoms with van der Waals surface area (Å²) in [5.74, 6) is -1.22. The standard InChI is InChI=1S/C17H26O2/c1-12(15(18)19)13-7-9-14(10-8-13)17(5,6)11-16(2,3)4/h7-10,12H,11H2,1-6H3,(H,18,19). The van der Waals surface area contributed by atoms with Crippen LogP contribution in [0.3, 0.4) is 0 Å². The molecule has 2 heteroatoms. The molecule has 2 nitrogen and oxygen atoms in total. The lowest BCUT2D eigenvalue weighted by atomic mass is 9.72. The van der Waals surface area contributed by atoms with Gasteiger partial charge in [-0.3, -0.25) is 4.79 Å². The number of hydrogen-bond donors (Lipinski definition) is 1. The summed E-state index contributed by atoms with van der Waals surface area (Å²) < 4.78 is 0. The zero-order valence-electron chi connectivity index (χ0n) is 12.9. The Kier molecular flexibility index (Phi) is 4.44. The topological polar surface area (TPSA) is 37.3 Å². The molecule has 1 atom stereocenters. The maximum Gasteiger partial charge on any atom is 0.310 e. The van der Waals surface area contributed by atoms with Crippen LogP contribution in [0.2, 0.25) is 0 Å². The Morgan fingerprint density at radius 3 is 1.95 bits per heavy atom. The van der Waals surface area contributed by atoms with E-state index in [1.807, 2.05) is 12.1 Å². The molecule has 0 radical (unpaired) electrons. The van der Waals surface area contributed by atoms with Crippen molar-refractivity contribution >= 4 is 5.97 Å². The maximum absolute atomic E-state index is 11.0. The molecule has 0 saturated heterocycles. The molecule has 0 saturated carbocycles. The van der Waals surface area contributed by atoms with Crippen molar-refractivity contribution in [2.45, 2.75) is 59.3 Å². The second kappa shape index (κ2) is 5.36. The molecule has 1 rings (SSSR count). The summed E-state index contributed by atoms with van der Waals surface area (Å²) in [4.78, 5) is 11.0. The molecular formula is C17H26O2. The third-order valence-corrected chi connectivity index (χ3v) is 3.53. The highest BCUT2D eigenvalue weighted by atomic mass is 16.4. The molecule has 1 aromatic rings. The number of rotatable bonds is 4. The summed E-state index contributed by atoms with van der Waals surface area (Å²) >= 11 is 0. The van der Waals surface area contributed by atoms with E-state index in [0.29, 0.717) is 0 Å². The SMILES string of the molecule is CC(C(=O)O)c1ccc(C(C)(C)CC(C)(C)C)cc1.